The number of hydrogen-bond acceptors (Lipinski definition) is 3. The van der Waals surface area contributed by atoms with Crippen LogP contribution in [0.4, 0.5) is 0 Å². The monoisotopic (exact) mass is 272 g/mol. The summed E-state index contributed by atoms with van der Waals surface area (Å²) in [6.45, 7) is 0.606. The van der Waals surface area contributed by atoms with Gasteiger partial charge in [-0.1, -0.05) is 37.1 Å². The Morgan fingerprint density at radius 2 is 1.74 bits per heavy atom. The smallest absolute Gasteiger partial charge is 0.123 e. The topological polar surface area (TPSA) is 38.9 Å². The summed E-state index contributed by atoms with van der Waals surface area (Å²) in [7, 11) is 0. The summed E-state index contributed by atoms with van der Waals surface area (Å²) in [5.74, 6) is 0. The van der Waals surface area contributed by atoms with E-state index in [1.807, 2.05) is 11.3 Å². The second kappa shape index (κ2) is 5.85. The highest BCUT2D eigenvalue weighted by molar-refractivity contribution is 7.15. The summed E-state index contributed by atoms with van der Waals surface area (Å²) in [5.41, 5.74) is 9.40. The largest absolute Gasteiger partial charge is 0.326 e. The van der Waals surface area contributed by atoms with Gasteiger partial charge in [-0.15, -0.1) is 11.3 Å². The molecule has 0 saturated heterocycles. The van der Waals surface area contributed by atoms with Crippen LogP contribution in [0.5, 0.6) is 0 Å². The lowest BCUT2D eigenvalue weighted by molar-refractivity contribution is 0.616. The Hall–Kier alpha value is -1.19. The van der Waals surface area contributed by atoms with E-state index < -0.39 is 0 Å². The number of nitrogens with two attached hydrogens (primary N) is 1. The molecule has 3 heteroatoms. The highest BCUT2D eigenvalue weighted by Crippen LogP contribution is 2.31. The lowest BCUT2D eigenvalue weighted by Crippen LogP contribution is -1.96. The maximum atomic E-state index is 5.64. The van der Waals surface area contributed by atoms with Gasteiger partial charge in [-0.25, -0.2) is 4.98 Å². The van der Waals surface area contributed by atoms with Crippen LogP contribution >= 0.6 is 11.3 Å². The molecule has 0 saturated carbocycles. The standard InChI is InChI=1S/C16H20N2S/c17-11-12-7-9-13(10-8-12)16-18-14-5-3-1-2-4-6-15(14)19-16/h7-10H,1-6,11,17H2. The van der Waals surface area contributed by atoms with Crippen molar-refractivity contribution in [3.8, 4) is 10.6 Å². The lowest BCUT2D eigenvalue weighted by Gasteiger charge is -2.06. The molecular weight excluding hydrogens is 252 g/mol. The zero-order valence-corrected chi connectivity index (χ0v) is 12.0. The third kappa shape index (κ3) is 2.88. The van der Waals surface area contributed by atoms with Crippen LogP contribution < -0.4 is 5.73 Å². The first-order valence-electron chi connectivity index (χ1n) is 7.15. The van der Waals surface area contributed by atoms with E-state index >= 15 is 0 Å². The van der Waals surface area contributed by atoms with Crippen LogP contribution in [0.15, 0.2) is 24.3 Å². The van der Waals surface area contributed by atoms with Crippen molar-refractivity contribution in [1.82, 2.24) is 4.98 Å². The van der Waals surface area contributed by atoms with Gasteiger partial charge in [-0.2, -0.15) is 0 Å². The Kier molecular flexibility index (Phi) is 3.95. The third-order valence-electron chi connectivity index (χ3n) is 3.78. The molecule has 19 heavy (non-hydrogen) atoms. The molecule has 1 aliphatic carbocycles. The van der Waals surface area contributed by atoms with E-state index in [4.69, 9.17) is 10.7 Å². The van der Waals surface area contributed by atoms with Crippen LogP contribution in [0.25, 0.3) is 10.6 Å². The molecule has 100 valence electrons. The lowest BCUT2D eigenvalue weighted by atomic mass is 10.0. The van der Waals surface area contributed by atoms with Crippen LogP contribution in [0.1, 0.15) is 41.8 Å². The van der Waals surface area contributed by atoms with Gasteiger partial charge in [0.05, 0.1) is 5.69 Å². The fraction of sp³-hybridized carbons (Fsp3) is 0.438. The second-order valence-electron chi connectivity index (χ2n) is 5.20. The van der Waals surface area contributed by atoms with E-state index in [0.717, 1.165) is 6.42 Å². The predicted octanol–water partition coefficient (Wildman–Crippen LogP) is 3.93. The molecule has 1 heterocycles. The number of benzene rings is 1. The Balaban J connectivity index is 1.89. The summed E-state index contributed by atoms with van der Waals surface area (Å²) >= 11 is 1.88. The summed E-state index contributed by atoms with van der Waals surface area (Å²) < 4.78 is 0. The molecule has 2 nitrogen and oxygen atoms in total. The van der Waals surface area contributed by atoms with E-state index in [1.54, 1.807) is 0 Å². The first-order valence-corrected chi connectivity index (χ1v) is 7.96. The van der Waals surface area contributed by atoms with E-state index in [0.29, 0.717) is 6.54 Å². The van der Waals surface area contributed by atoms with Gasteiger partial charge in [-0.3, -0.25) is 0 Å². The van der Waals surface area contributed by atoms with Crippen LogP contribution in [0.2, 0.25) is 0 Å². The fourth-order valence-corrected chi connectivity index (χ4v) is 3.77. The summed E-state index contributed by atoms with van der Waals surface area (Å²) in [5, 5.41) is 1.18. The normalized spacial score (nSPS) is 15.6. The highest BCUT2D eigenvalue weighted by Gasteiger charge is 2.14. The molecule has 3 rings (SSSR count). The number of nitrogens with zero attached hydrogens (tertiary/aromatic N) is 1. The highest BCUT2D eigenvalue weighted by atomic mass is 32.1. The number of rotatable bonds is 2. The minimum absolute atomic E-state index is 0.606. The van der Waals surface area contributed by atoms with Gasteiger partial charge in [0.2, 0.25) is 0 Å². The molecule has 1 aromatic carbocycles. The average molecular weight is 272 g/mol. The fourth-order valence-electron chi connectivity index (χ4n) is 2.61. The second-order valence-corrected chi connectivity index (χ2v) is 6.29. The summed E-state index contributed by atoms with van der Waals surface area (Å²) in [6.07, 6.45) is 7.72. The van der Waals surface area contributed by atoms with Gasteiger partial charge in [0.15, 0.2) is 0 Å². The Labute approximate surface area is 118 Å². The van der Waals surface area contributed by atoms with Gasteiger partial charge in [0.25, 0.3) is 0 Å². The van der Waals surface area contributed by atoms with Gasteiger partial charge < -0.3 is 5.73 Å². The minimum Gasteiger partial charge on any atom is -0.326 e. The van der Waals surface area contributed by atoms with Gasteiger partial charge in [0, 0.05) is 17.0 Å². The molecule has 1 aliphatic rings. The first kappa shape index (κ1) is 12.8. The quantitative estimate of drug-likeness (QED) is 0.899. The molecule has 0 unspecified atom stereocenters. The molecular formula is C16H20N2S. The average Bonchev–Trinajstić information content (AvgIpc) is 2.81. The van der Waals surface area contributed by atoms with Crippen LogP contribution in [0, 0.1) is 0 Å². The molecule has 2 N–H and O–H groups in total. The summed E-state index contributed by atoms with van der Waals surface area (Å²) in [4.78, 5) is 6.38. The molecule has 0 radical (unpaired) electrons. The zero-order valence-electron chi connectivity index (χ0n) is 11.2. The van der Waals surface area contributed by atoms with Gasteiger partial charge in [-0.05, 0) is 31.2 Å². The number of fused-ring (bicyclic) bond motifs is 1. The van der Waals surface area contributed by atoms with Gasteiger partial charge >= 0.3 is 0 Å². The predicted molar refractivity (Wildman–Crippen MR) is 81.3 cm³/mol. The number of hydrogen-bond donors (Lipinski definition) is 1. The van der Waals surface area contributed by atoms with Gasteiger partial charge in [0.1, 0.15) is 5.01 Å². The molecule has 0 spiro atoms. The van der Waals surface area contributed by atoms with Crippen molar-refractivity contribution < 1.29 is 0 Å². The SMILES string of the molecule is NCc1ccc(-c2nc3c(s2)CCCCCC3)cc1. The van der Waals surface area contributed by atoms with E-state index in [2.05, 4.69) is 24.3 Å². The number of aromatic nitrogens is 1. The maximum Gasteiger partial charge on any atom is 0.123 e. The van der Waals surface area contributed by atoms with Crippen molar-refractivity contribution in [3.63, 3.8) is 0 Å². The van der Waals surface area contributed by atoms with Crippen molar-refractivity contribution >= 4 is 11.3 Å². The number of thiazole rings is 1. The van der Waals surface area contributed by atoms with E-state index in [9.17, 15) is 0 Å². The molecule has 1 aromatic heterocycles. The third-order valence-corrected chi connectivity index (χ3v) is 4.99. The molecule has 2 aromatic rings. The summed E-state index contributed by atoms with van der Waals surface area (Å²) in [6, 6.07) is 8.50. The van der Waals surface area contributed by atoms with Crippen molar-refractivity contribution in [1.29, 1.82) is 0 Å². The van der Waals surface area contributed by atoms with Crippen LogP contribution in [-0.4, -0.2) is 4.98 Å². The molecule has 0 atom stereocenters. The molecule has 0 bridgehead atoms. The maximum absolute atomic E-state index is 5.64. The van der Waals surface area contributed by atoms with Crippen molar-refractivity contribution in [2.75, 3.05) is 0 Å². The minimum atomic E-state index is 0.606. The molecule has 0 fully saturated rings. The molecule has 0 aliphatic heterocycles. The van der Waals surface area contributed by atoms with Crippen molar-refractivity contribution in [3.05, 3.63) is 40.4 Å². The van der Waals surface area contributed by atoms with E-state index in [-0.39, 0.29) is 0 Å². The Bertz CT molecular complexity index is 517. The van der Waals surface area contributed by atoms with Crippen molar-refractivity contribution in [2.45, 2.75) is 45.1 Å². The van der Waals surface area contributed by atoms with Crippen LogP contribution in [0.3, 0.4) is 0 Å². The molecule has 0 amide bonds. The Morgan fingerprint density at radius 1 is 1.00 bits per heavy atom. The van der Waals surface area contributed by atoms with E-state index in [1.165, 1.54) is 58.8 Å². The number of aryl methyl sites for hydroxylation is 2. The Morgan fingerprint density at radius 3 is 2.47 bits per heavy atom. The zero-order chi connectivity index (χ0) is 13.1. The van der Waals surface area contributed by atoms with Crippen LogP contribution in [-0.2, 0) is 19.4 Å². The first-order chi connectivity index (χ1) is 9.36. The van der Waals surface area contributed by atoms with Crippen molar-refractivity contribution in [2.24, 2.45) is 5.73 Å².